The lowest BCUT2D eigenvalue weighted by atomic mass is 10.1. The number of pyridine rings is 2. The molecule has 0 saturated heterocycles. The van der Waals surface area contributed by atoms with E-state index in [1.54, 1.807) is 24.5 Å². The SMILES string of the molecule is CC(C)CCn1c(C(=O)NCc2cccnc2)cc2ccc(F)cc2c1=O. The molecule has 0 aliphatic heterocycles. The number of aromatic nitrogens is 2. The van der Waals surface area contributed by atoms with Crippen LogP contribution in [0.1, 0.15) is 36.3 Å². The van der Waals surface area contributed by atoms with Crippen molar-refractivity contribution in [1.82, 2.24) is 14.9 Å². The highest BCUT2D eigenvalue weighted by molar-refractivity contribution is 5.96. The fourth-order valence-electron chi connectivity index (χ4n) is 2.89. The smallest absolute Gasteiger partial charge is 0.268 e. The van der Waals surface area contributed by atoms with E-state index in [1.165, 1.54) is 22.8 Å². The van der Waals surface area contributed by atoms with Gasteiger partial charge in [0.15, 0.2) is 0 Å². The predicted molar refractivity (Wildman–Crippen MR) is 103 cm³/mol. The maximum absolute atomic E-state index is 13.6. The molecular weight excluding hydrogens is 345 g/mol. The highest BCUT2D eigenvalue weighted by atomic mass is 19.1. The van der Waals surface area contributed by atoms with Gasteiger partial charge in [-0.3, -0.25) is 14.6 Å². The van der Waals surface area contributed by atoms with Gasteiger partial charge in [0, 0.05) is 25.5 Å². The lowest BCUT2D eigenvalue weighted by Gasteiger charge is -2.15. The first-order chi connectivity index (χ1) is 13.0. The molecule has 0 fully saturated rings. The molecule has 1 amide bonds. The molecule has 0 radical (unpaired) electrons. The number of nitrogens with one attached hydrogen (secondary N) is 1. The minimum atomic E-state index is -0.469. The highest BCUT2D eigenvalue weighted by Crippen LogP contribution is 2.15. The molecule has 6 heteroatoms. The fourth-order valence-corrected chi connectivity index (χ4v) is 2.89. The van der Waals surface area contributed by atoms with E-state index >= 15 is 0 Å². The number of rotatable bonds is 6. The molecule has 1 N–H and O–H groups in total. The van der Waals surface area contributed by atoms with Gasteiger partial charge in [0.05, 0.1) is 5.39 Å². The monoisotopic (exact) mass is 367 g/mol. The minimum absolute atomic E-state index is 0.280. The van der Waals surface area contributed by atoms with E-state index in [0.717, 1.165) is 12.0 Å². The Morgan fingerprint density at radius 2 is 2.07 bits per heavy atom. The number of carbonyl (C=O) groups is 1. The van der Waals surface area contributed by atoms with Crippen LogP contribution in [-0.4, -0.2) is 15.5 Å². The zero-order valence-electron chi connectivity index (χ0n) is 15.4. The molecule has 3 rings (SSSR count). The third kappa shape index (κ3) is 4.39. The van der Waals surface area contributed by atoms with Crippen molar-refractivity contribution < 1.29 is 9.18 Å². The van der Waals surface area contributed by atoms with E-state index in [4.69, 9.17) is 0 Å². The molecule has 5 nitrogen and oxygen atoms in total. The molecule has 1 aromatic carbocycles. The minimum Gasteiger partial charge on any atom is -0.347 e. The normalized spacial score (nSPS) is 11.1. The molecule has 0 atom stereocenters. The third-order valence-electron chi connectivity index (χ3n) is 4.41. The average Bonchev–Trinajstić information content (AvgIpc) is 2.66. The van der Waals surface area contributed by atoms with Gasteiger partial charge in [-0.2, -0.15) is 0 Å². The molecule has 3 aromatic rings. The summed E-state index contributed by atoms with van der Waals surface area (Å²) in [5.41, 5.74) is 0.799. The summed E-state index contributed by atoms with van der Waals surface area (Å²) in [6, 6.07) is 9.34. The first kappa shape index (κ1) is 18.8. The third-order valence-corrected chi connectivity index (χ3v) is 4.41. The van der Waals surface area contributed by atoms with Gasteiger partial charge in [0.1, 0.15) is 11.5 Å². The van der Waals surface area contributed by atoms with Crippen molar-refractivity contribution in [1.29, 1.82) is 0 Å². The summed E-state index contributed by atoms with van der Waals surface area (Å²) >= 11 is 0. The molecule has 0 aliphatic rings. The van der Waals surface area contributed by atoms with Gasteiger partial charge in [-0.05, 0) is 47.6 Å². The number of carbonyl (C=O) groups excluding carboxylic acids is 1. The van der Waals surface area contributed by atoms with E-state index in [2.05, 4.69) is 10.3 Å². The van der Waals surface area contributed by atoms with Crippen molar-refractivity contribution in [2.24, 2.45) is 5.92 Å². The highest BCUT2D eigenvalue weighted by Gasteiger charge is 2.16. The summed E-state index contributed by atoms with van der Waals surface area (Å²) in [5.74, 6) is -0.443. The molecule has 0 aliphatic carbocycles. The Balaban J connectivity index is 1.98. The summed E-state index contributed by atoms with van der Waals surface area (Å²) in [6.45, 7) is 4.81. The van der Waals surface area contributed by atoms with Crippen molar-refractivity contribution >= 4 is 16.7 Å². The maximum atomic E-state index is 13.6. The van der Waals surface area contributed by atoms with Crippen LogP contribution in [0.5, 0.6) is 0 Å². The Labute approximate surface area is 156 Å². The Bertz CT molecular complexity index is 1010. The van der Waals surface area contributed by atoms with Crippen molar-refractivity contribution in [2.45, 2.75) is 33.4 Å². The standard InChI is InChI=1S/C21H22FN3O2/c1-14(2)7-9-25-19(20(26)24-13-15-4-3-8-23-12-15)10-16-5-6-17(22)11-18(16)21(25)27/h3-6,8,10-12,14H,7,9,13H2,1-2H3,(H,24,26). The number of fused-ring (bicyclic) bond motifs is 1. The second kappa shape index (κ2) is 8.12. The maximum Gasteiger partial charge on any atom is 0.268 e. The van der Waals surface area contributed by atoms with E-state index in [1.807, 2.05) is 19.9 Å². The van der Waals surface area contributed by atoms with Crippen LogP contribution in [-0.2, 0) is 13.1 Å². The summed E-state index contributed by atoms with van der Waals surface area (Å²) < 4.78 is 15.0. The Hall–Kier alpha value is -3.02. The summed E-state index contributed by atoms with van der Waals surface area (Å²) in [6.07, 6.45) is 4.08. The van der Waals surface area contributed by atoms with Gasteiger partial charge < -0.3 is 9.88 Å². The molecule has 140 valence electrons. The van der Waals surface area contributed by atoms with Crippen LogP contribution in [0.25, 0.3) is 10.8 Å². The topological polar surface area (TPSA) is 64.0 Å². The van der Waals surface area contributed by atoms with Crippen LogP contribution in [0.2, 0.25) is 0 Å². The van der Waals surface area contributed by atoms with E-state index in [-0.39, 0.29) is 22.5 Å². The molecule has 2 aromatic heterocycles. The largest absolute Gasteiger partial charge is 0.347 e. The van der Waals surface area contributed by atoms with Crippen LogP contribution in [0, 0.1) is 11.7 Å². The van der Waals surface area contributed by atoms with Gasteiger partial charge >= 0.3 is 0 Å². The van der Waals surface area contributed by atoms with Gasteiger partial charge in [-0.25, -0.2) is 4.39 Å². The van der Waals surface area contributed by atoms with Crippen molar-refractivity contribution in [3.05, 3.63) is 76.2 Å². The number of benzene rings is 1. The number of amides is 1. The molecule has 27 heavy (non-hydrogen) atoms. The Morgan fingerprint density at radius 1 is 1.26 bits per heavy atom. The summed E-state index contributed by atoms with van der Waals surface area (Å²) in [5, 5.41) is 3.66. The number of hydrogen-bond donors (Lipinski definition) is 1. The quantitative estimate of drug-likeness (QED) is 0.725. The Kier molecular flexibility index (Phi) is 5.64. The second-order valence-electron chi connectivity index (χ2n) is 6.94. The van der Waals surface area contributed by atoms with E-state index < -0.39 is 5.82 Å². The predicted octanol–water partition coefficient (Wildman–Crippen LogP) is 3.51. The van der Waals surface area contributed by atoms with Gasteiger partial charge in [0.25, 0.3) is 11.5 Å². The van der Waals surface area contributed by atoms with Crippen molar-refractivity contribution in [2.75, 3.05) is 0 Å². The summed E-state index contributed by atoms with van der Waals surface area (Å²) in [4.78, 5) is 29.7. The first-order valence-corrected chi connectivity index (χ1v) is 8.96. The molecular formula is C21H22FN3O2. The molecule has 0 saturated carbocycles. The van der Waals surface area contributed by atoms with Gasteiger partial charge in [-0.1, -0.05) is 26.0 Å². The lowest BCUT2D eigenvalue weighted by molar-refractivity contribution is 0.0940. The van der Waals surface area contributed by atoms with E-state index in [0.29, 0.717) is 24.4 Å². The van der Waals surface area contributed by atoms with Gasteiger partial charge in [0.2, 0.25) is 0 Å². The zero-order valence-corrected chi connectivity index (χ0v) is 15.4. The van der Waals surface area contributed by atoms with Gasteiger partial charge in [-0.15, -0.1) is 0 Å². The number of nitrogens with zero attached hydrogens (tertiary/aromatic N) is 2. The second-order valence-corrected chi connectivity index (χ2v) is 6.94. The molecule has 0 spiro atoms. The van der Waals surface area contributed by atoms with Crippen LogP contribution in [0.15, 0.2) is 53.6 Å². The van der Waals surface area contributed by atoms with Crippen LogP contribution in [0.4, 0.5) is 4.39 Å². The fraction of sp³-hybridized carbons (Fsp3) is 0.286. The molecule has 0 unspecified atom stereocenters. The van der Waals surface area contributed by atoms with Crippen LogP contribution in [0.3, 0.4) is 0 Å². The van der Waals surface area contributed by atoms with Crippen molar-refractivity contribution in [3.8, 4) is 0 Å². The number of hydrogen-bond acceptors (Lipinski definition) is 3. The molecule has 2 heterocycles. The number of halogens is 1. The zero-order chi connectivity index (χ0) is 19.4. The van der Waals surface area contributed by atoms with Crippen molar-refractivity contribution in [3.63, 3.8) is 0 Å². The molecule has 0 bridgehead atoms. The Morgan fingerprint density at radius 3 is 2.78 bits per heavy atom. The lowest BCUT2D eigenvalue weighted by Crippen LogP contribution is -2.32. The van der Waals surface area contributed by atoms with E-state index in [9.17, 15) is 14.0 Å². The van der Waals surface area contributed by atoms with Crippen LogP contribution >= 0.6 is 0 Å². The average molecular weight is 367 g/mol. The first-order valence-electron chi connectivity index (χ1n) is 8.96. The van der Waals surface area contributed by atoms with Crippen LogP contribution < -0.4 is 10.9 Å². The summed E-state index contributed by atoms with van der Waals surface area (Å²) in [7, 11) is 0.